The van der Waals surface area contributed by atoms with Crippen LogP contribution in [0.5, 0.6) is 0 Å². The normalized spacial score (nSPS) is 21.9. The number of H-pyrrole nitrogens is 1. The summed E-state index contributed by atoms with van der Waals surface area (Å²) in [6.45, 7) is 1.13. The van der Waals surface area contributed by atoms with Crippen LogP contribution >= 0.6 is 0 Å². The molecule has 14 heavy (non-hydrogen) atoms. The largest absolute Gasteiger partial charge is 0.346 e. The summed E-state index contributed by atoms with van der Waals surface area (Å²) in [4.78, 5) is 7.50. The first-order valence-corrected chi connectivity index (χ1v) is 5.10. The minimum absolute atomic E-state index is 0.516. The molecule has 3 heteroatoms. The number of hydrogen-bond acceptors (Lipinski definition) is 2. The predicted molar refractivity (Wildman–Crippen MR) is 56.1 cm³/mol. The van der Waals surface area contributed by atoms with Gasteiger partial charge in [-0.2, -0.15) is 0 Å². The van der Waals surface area contributed by atoms with E-state index in [2.05, 4.69) is 27.4 Å². The molecule has 2 aromatic rings. The van der Waals surface area contributed by atoms with Gasteiger partial charge in [0.25, 0.3) is 0 Å². The Balaban J connectivity index is 2.04. The maximum atomic E-state index is 4.39. The van der Waals surface area contributed by atoms with Crippen molar-refractivity contribution in [2.75, 3.05) is 6.54 Å². The molecular formula is C11H13N3. The Bertz CT molecular complexity index is 440. The number of nitrogens with zero attached hydrogens (tertiary/aromatic N) is 1. The molecule has 0 spiro atoms. The first kappa shape index (κ1) is 8.00. The number of rotatable bonds is 1. The minimum Gasteiger partial charge on any atom is -0.346 e. The van der Waals surface area contributed by atoms with Crippen LogP contribution in [0.3, 0.4) is 0 Å². The zero-order valence-corrected chi connectivity index (χ0v) is 7.96. The van der Waals surface area contributed by atoms with Crippen molar-refractivity contribution < 1.29 is 0 Å². The molecule has 0 unspecified atom stereocenters. The summed E-state index contributed by atoms with van der Waals surface area (Å²) < 4.78 is 0. The zero-order valence-electron chi connectivity index (χ0n) is 7.96. The highest BCUT2D eigenvalue weighted by atomic mass is 14.9. The molecular weight excluding hydrogens is 174 g/mol. The lowest BCUT2D eigenvalue weighted by atomic mass is 10.1. The van der Waals surface area contributed by atoms with Crippen molar-refractivity contribution in [2.45, 2.75) is 18.9 Å². The van der Waals surface area contributed by atoms with E-state index < -0.39 is 0 Å². The van der Waals surface area contributed by atoms with Crippen molar-refractivity contribution >= 4 is 11.0 Å². The molecule has 3 rings (SSSR count). The fourth-order valence-electron chi connectivity index (χ4n) is 2.12. The summed E-state index contributed by atoms with van der Waals surface area (Å²) in [5.74, 6) is 0. The van der Waals surface area contributed by atoms with E-state index in [9.17, 15) is 0 Å². The molecule has 1 aliphatic heterocycles. The molecule has 1 aliphatic rings. The molecule has 0 saturated carbocycles. The molecule has 0 aromatic carbocycles. The second-order valence-electron chi connectivity index (χ2n) is 3.83. The third-order valence-electron chi connectivity index (χ3n) is 2.88. The molecule has 2 N–H and O–H groups in total. The first-order valence-electron chi connectivity index (χ1n) is 5.10. The van der Waals surface area contributed by atoms with Gasteiger partial charge in [0.05, 0.1) is 0 Å². The van der Waals surface area contributed by atoms with Crippen LogP contribution in [-0.4, -0.2) is 16.5 Å². The minimum atomic E-state index is 0.516. The number of pyridine rings is 1. The predicted octanol–water partition coefficient (Wildman–Crippen LogP) is 1.99. The van der Waals surface area contributed by atoms with Gasteiger partial charge >= 0.3 is 0 Å². The van der Waals surface area contributed by atoms with E-state index in [0.717, 1.165) is 12.2 Å². The van der Waals surface area contributed by atoms with Crippen LogP contribution in [0.15, 0.2) is 24.5 Å². The van der Waals surface area contributed by atoms with Gasteiger partial charge in [-0.3, -0.25) is 0 Å². The Morgan fingerprint density at radius 2 is 2.43 bits per heavy atom. The molecule has 1 fully saturated rings. The van der Waals surface area contributed by atoms with Gasteiger partial charge < -0.3 is 10.3 Å². The van der Waals surface area contributed by atoms with Gasteiger partial charge in [0, 0.05) is 23.8 Å². The SMILES string of the molecule is c1cc2cc([C@H]3CCCN3)cnc2[nH]1. The summed E-state index contributed by atoms with van der Waals surface area (Å²) in [5, 5.41) is 4.68. The fraction of sp³-hybridized carbons (Fsp3) is 0.364. The highest BCUT2D eigenvalue weighted by Crippen LogP contribution is 2.24. The van der Waals surface area contributed by atoms with Crippen LogP contribution in [0.4, 0.5) is 0 Å². The molecule has 1 saturated heterocycles. The Labute approximate surface area is 82.5 Å². The van der Waals surface area contributed by atoms with Gasteiger partial charge in [0.1, 0.15) is 5.65 Å². The highest BCUT2D eigenvalue weighted by molar-refractivity contribution is 5.75. The van der Waals surface area contributed by atoms with Crippen molar-refractivity contribution in [3.05, 3.63) is 30.1 Å². The molecule has 0 amide bonds. The molecule has 2 aromatic heterocycles. The lowest BCUT2D eigenvalue weighted by Crippen LogP contribution is -2.12. The summed E-state index contributed by atoms with van der Waals surface area (Å²) in [6, 6.07) is 4.81. The standard InChI is InChI=1S/C11H13N3/c1-2-10(12-4-1)9-6-8-3-5-13-11(8)14-7-9/h3,5-7,10,12H,1-2,4H2,(H,13,14)/t10-/m1/s1. The Kier molecular flexibility index (Phi) is 1.77. The number of fused-ring (bicyclic) bond motifs is 1. The average molecular weight is 187 g/mol. The van der Waals surface area contributed by atoms with Crippen molar-refractivity contribution in [2.24, 2.45) is 0 Å². The topological polar surface area (TPSA) is 40.7 Å². The van der Waals surface area contributed by atoms with E-state index in [0.29, 0.717) is 6.04 Å². The van der Waals surface area contributed by atoms with Gasteiger partial charge in [-0.25, -0.2) is 4.98 Å². The van der Waals surface area contributed by atoms with Crippen molar-refractivity contribution in [1.29, 1.82) is 0 Å². The Morgan fingerprint density at radius 3 is 3.29 bits per heavy atom. The quantitative estimate of drug-likeness (QED) is 0.716. The van der Waals surface area contributed by atoms with E-state index in [-0.39, 0.29) is 0 Å². The lowest BCUT2D eigenvalue weighted by molar-refractivity contribution is 0.646. The monoisotopic (exact) mass is 187 g/mol. The average Bonchev–Trinajstić information content (AvgIpc) is 2.88. The third-order valence-corrected chi connectivity index (χ3v) is 2.88. The van der Waals surface area contributed by atoms with Crippen molar-refractivity contribution in [3.63, 3.8) is 0 Å². The lowest BCUT2D eigenvalue weighted by Gasteiger charge is -2.09. The van der Waals surface area contributed by atoms with E-state index >= 15 is 0 Å². The van der Waals surface area contributed by atoms with Gasteiger partial charge in [-0.15, -0.1) is 0 Å². The number of aromatic nitrogens is 2. The van der Waals surface area contributed by atoms with Crippen molar-refractivity contribution in [3.8, 4) is 0 Å². The van der Waals surface area contributed by atoms with Crippen molar-refractivity contribution in [1.82, 2.24) is 15.3 Å². The fourth-order valence-corrected chi connectivity index (χ4v) is 2.12. The second-order valence-corrected chi connectivity index (χ2v) is 3.83. The molecule has 3 nitrogen and oxygen atoms in total. The van der Waals surface area contributed by atoms with Gasteiger partial charge in [-0.05, 0) is 37.1 Å². The van der Waals surface area contributed by atoms with Crippen LogP contribution in [0.1, 0.15) is 24.4 Å². The van der Waals surface area contributed by atoms with Crippen LogP contribution in [0.2, 0.25) is 0 Å². The summed E-state index contributed by atoms with van der Waals surface area (Å²) >= 11 is 0. The Morgan fingerprint density at radius 1 is 1.43 bits per heavy atom. The van der Waals surface area contributed by atoms with Gasteiger partial charge in [0.2, 0.25) is 0 Å². The van der Waals surface area contributed by atoms with Gasteiger partial charge in [0.15, 0.2) is 0 Å². The maximum absolute atomic E-state index is 4.39. The summed E-state index contributed by atoms with van der Waals surface area (Å²) in [6.07, 6.45) is 6.42. The van der Waals surface area contributed by atoms with Crippen LogP contribution < -0.4 is 5.32 Å². The van der Waals surface area contributed by atoms with E-state index in [4.69, 9.17) is 0 Å². The second kappa shape index (κ2) is 3.10. The third kappa shape index (κ3) is 1.21. The Hall–Kier alpha value is -1.35. The maximum Gasteiger partial charge on any atom is 0.137 e. The summed E-state index contributed by atoms with van der Waals surface area (Å²) in [7, 11) is 0. The van der Waals surface area contributed by atoms with E-state index in [1.165, 1.54) is 23.8 Å². The van der Waals surface area contributed by atoms with Crippen LogP contribution in [0.25, 0.3) is 11.0 Å². The summed E-state index contributed by atoms with van der Waals surface area (Å²) in [5.41, 5.74) is 2.29. The van der Waals surface area contributed by atoms with E-state index in [1.54, 1.807) is 0 Å². The highest BCUT2D eigenvalue weighted by Gasteiger charge is 2.16. The van der Waals surface area contributed by atoms with Crippen LogP contribution in [0, 0.1) is 0 Å². The van der Waals surface area contributed by atoms with Gasteiger partial charge in [-0.1, -0.05) is 0 Å². The number of hydrogen-bond donors (Lipinski definition) is 2. The molecule has 3 heterocycles. The number of aromatic amines is 1. The molecule has 0 radical (unpaired) electrons. The smallest absolute Gasteiger partial charge is 0.137 e. The molecule has 0 aliphatic carbocycles. The van der Waals surface area contributed by atoms with Crippen LogP contribution in [-0.2, 0) is 0 Å². The molecule has 0 bridgehead atoms. The zero-order chi connectivity index (χ0) is 9.38. The van der Waals surface area contributed by atoms with E-state index in [1.807, 2.05) is 12.4 Å². The first-order chi connectivity index (χ1) is 6.93. The number of nitrogens with one attached hydrogen (secondary N) is 2. The molecule has 72 valence electrons. The molecule has 1 atom stereocenters.